The molecule has 1 aromatic rings. The van der Waals surface area contributed by atoms with E-state index >= 15 is 0 Å². The molecular formula is C35H51ClN4O8. The molecule has 12 nitrogen and oxygen atoms in total. The van der Waals surface area contributed by atoms with Crippen LogP contribution in [-0.2, 0) is 19.2 Å². The van der Waals surface area contributed by atoms with Crippen LogP contribution in [0.25, 0.3) is 0 Å². The Hall–Kier alpha value is -3.03. The van der Waals surface area contributed by atoms with Crippen molar-refractivity contribution >= 4 is 41.0 Å². The number of hydrogen-bond donors (Lipinski definition) is 6. The SMILES string of the molecule is CC(C)[C@H](C[C@H](O)[C@@H](N)CN1CC(=O)N(c2ccccc2Cl)CC1(C)C)C(=O)NC12CC3CC(CC(O)(C3)C1)C2.O=C(O)/C=C/C(=O)O. The van der Waals surface area contributed by atoms with Gasteiger partial charge < -0.3 is 36.4 Å². The first-order chi connectivity index (χ1) is 22.3. The van der Waals surface area contributed by atoms with Crippen LogP contribution >= 0.6 is 11.6 Å². The zero-order valence-electron chi connectivity index (χ0n) is 28.3. The Labute approximate surface area is 287 Å². The topological polar surface area (TPSA) is 194 Å². The molecule has 266 valence electrons. The van der Waals surface area contributed by atoms with Gasteiger partial charge in [0.2, 0.25) is 11.8 Å². The summed E-state index contributed by atoms with van der Waals surface area (Å²) in [6, 6.07) is 6.72. The molecule has 4 saturated carbocycles. The van der Waals surface area contributed by atoms with Crippen LogP contribution in [0.1, 0.15) is 72.6 Å². The minimum atomic E-state index is -1.26. The average Bonchev–Trinajstić information content (AvgIpc) is 2.95. The lowest BCUT2D eigenvalue weighted by molar-refractivity contribution is -0.154. The lowest BCUT2D eigenvalue weighted by Gasteiger charge is -2.60. The number of aliphatic hydroxyl groups excluding tert-OH is 1. The number of nitrogens with two attached hydrogens (primary N) is 1. The first kappa shape index (κ1) is 37.8. The molecule has 0 radical (unpaired) electrons. The molecule has 13 heteroatoms. The molecular weight excluding hydrogens is 640 g/mol. The van der Waals surface area contributed by atoms with Crippen LogP contribution in [-0.4, -0.2) is 97.5 Å². The van der Waals surface area contributed by atoms with Gasteiger partial charge in [0.15, 0.2) is 0 Å². The molecule has 0 aromatic heterocycles. The number of amides is 2. The van der Waals surface area contributed by atoms with Crippen molar-refractivity contribution in [2.24, 2.45) is 29.4 Å². The molecule has 4 aliphatic carbocycles. The third kappa shape index (κ3) is 9.15. The maximum atomic E-state index is 13.7. The van der Waals surface area contributed by atoms with E-state index in [2.05, 4.69) is 19.2 Å². The van der Waals surface area contributed by atoms with Gasteiger partial charge in [0.05, 0.1) is 29.0 Å². The fourth-order valence-corrected chi connectivity index (χ4v) is 8.83. The Morgan fingerprint density at radius 1 is 1.06 bits per heavy atom. The first-order valence-corrected chi connectivity index (χ1v) is 17.1. The summed E-state index contributed by atoms with van der Waals surface area (Å²) in [7, 11) is 0. The third-order valence-electron chi connectivity index (χ3n) is 10.5. The average molecular weight is 691 g/mol. The third-order valence-corrected chi connectivity index (χ3v) is 10.8. The predicted molar refractivity (Wildman–Crippen MR) is 181 cm³/mol. The summed E-state index contributed by atoms with van der Waals surface area (Å²) in [5, 5.41) is 41.9. The van der Waals surface area contributed by atoms with E-state index in [0.717, 1.165) is 32.1 Å². The van der Waals surface area contributed by atoms with Gasteiger partial charge in [0.1, 0.15) is 0 Å². The number of benzene rings is 1. The number of rotatable bonds is 11. The molecule has 0 spiro atoms. The quantitative estimate of drug-likeness (QED) is 0.188. The van der Waals surface area contributed by atoms with Gasteiger partial charge in [-0.1, -0.05) is 37.6 Å². The molecule has 7 N–H and O–H groups in total. The van der Waals surface area contributed by atoms with Gasteiger partial charge in [-0.25, -0.2) is 9.59 Å². The highest BCUT2D eigenvalue weighted by molar-refractivity contribution is 6.33. The highest BCUT2D eigenvalue weighted by Crippen LogP contribution is 2.57. The fourth-order valence-electron chi connectivity index (χ4n) is 8.59. The summed E-state index contributed by atoms with van der Waals surface area (Å²) in [5.41, 5.74) is 5.86. The number of aliphatic carboxylic acids is 2. The lowest BCUT2D eigenvalue weighted by Crippen LogP contribution is -2.66. The van der Waals surface area contributed by atoms with Gasteiger partial charge >= 0.3 is 11.9 Å². The zero-order valence-corrected chi connectivity index (χ0v) is 29.0. The van der Waals surface area contributed by atoms with E-state index in [1.54, 1.807) is 11.0 Å². The lowest BCUT2D eigenvalue weighted by atomic mass is 9.51. The van der Waals surface area contributed by atoms with Crippen LogP contribution in [0.15, 0.2) is 36.4 Å². The van der Waals surface area contributed by atoms with Crippen molar-refractivity contribution < 1.29 is 39.6 Å². The number of nitrogens with zero attached hydrogens (tertiary/aromatic N) is 2. The summed E-state index contributed by atoms with van der Waals surface area (Å²) >= 11 is 6.38. The van der Waals surface area contributed by atoms with Crippen LogP contribution in [0.5, 0.6) is 0 Å². The van der Waals surface area contributed by atoms with Crippen LogP contribution < -0.4 is 16.0 Å². The number of carbonyl (C=O) groups is 4. The number of para-hydroxylation sites is 1. The predicted octanol–water partition coefficient (Wildman–Crippen LogP) is 3.03. The summed E-state index contributed by atoms with van der Waals surface area (Å²) in [4.78, 5) is 49.6. The molecule has 1 heterocycles. The second-order valence-corrected chi connectivity index (χ2v) is 15.8. The van der Waals surface area contributed by atoms with Gasteiger partial charge in [-0.3, -0.25) is 14.5 Å². The van der Waals surface area contributed by atoms with E-state index in [1.165, 1.54) is 0 Å². The van der Waals surface area contributed by atoms with Crippen molar-refractivity contribution in [1.82, 2.24) is 10.2 Å². The molecule has 6 rings (SSSR count). The number of nitrogens with one attached hydrogen (secondary N) is 1. The van der Waals surface area contributed by atoms with E-state index in [0.29, 0.717) is 54.2 Å². The van der Waals surface area contributed by atoms with Crippen molar-refractivity contribution in [3.63, 3.8) is 0 Å². The Balaban J connectivity index is 0.000000579. The van der Waals surface area contributed by atoms with Crippen LogP contribution in [0.2, 0.25) is 5.02 Å². The van der Waals surface area contributed by atoms with E-state index in [9.17, 15) is 29.4 Å². The van der Waals surface area contributed by atoms with Gasteiger partial charge in [-0.05, 0) is 88.7 Å². The summed E-state index contributed by atoms with van der Waals surface area (Å²) in [6.07, 6.45) is 5.85. The number of carbonyl (C=O) groups excluding carboxylic acids is 2. The number of anilines is 1. The Bertz CT molecular complexity index is 1370. The second kappa shape index (κ2) is 14.8. The molecule has 1 aromatic carbocycles. The van der Waals surface area contributed by atoms with Gasteiger partial charge in [-0.15, -0.1) is 0 Å². The monoisotopic (exact) mass is 690 g/mol. The van der Waals surface area contributed by atoms with Gasteiger partial charge in [0, 0.05) is 48.3 Å². The molecule has 2 unspecified atom stereocenters. The standard InChI is InChI=1S/C31H47ClN4O4.C4H4O4/c1-19(2)22(28(39)34-30-11-20-9-21(12-30)14-31(40,13-20)17-30)10-26(37)24(33)15-35-16-27(38)36(18-29(35,3)4)25-8-6-5-7-23(25)32;5-3(6)1-2-4(7)8/h5-8,19-22,24,26,37,40H,9-18,33H2,1-4H3,(H,34,39);1-2H,(H,5,6)(H,7,8)/b;2-1+/t20?,21?,22-,24-,26-,30?,31?;/m0./s1. The number of halogens is 1. The Morgan fingerprint density at radius 2 is 1.65 bits per heavy atom. The minimum Gasteiger partial charge on any atom is -0.478 e. The number of carboxylic acid groups (broad SMARTS) is 2. The molecule has 1 aliphatic heterocycles. The maximum Gasteiger partial charge on any atom is 0.328 e. The molecule has 5 atom stereocenters. The number of aliphatic hydroxyl groups is 2. The minimum absolute atomic E-state index is 0.0241. The molecule has 5 fully saturated rings. The summed E-state index contributed by atoms with van der Waals surface area (Å²) in [5.74, 6) is -2.03. The second-order valence-electron chi connectivity index (χ2n) is 15.4. The van der Waals surface area contributed by atoms with E-state index in [1.807, 2.05) is 36.9 Å². The normalized spacial score (nSPS) is 29.7. The zero-order chi connectivity index (χ0) is 35.6. The smallest absolute Gasteiger partial charge is 0.328 e. The summed E-state index contributed by atoms with van der Waals surface area (Å²) < 4.78 is 0. The Kier molecular flexibility index (Phi) is 11.7. The van der Waals surface area contributed by atoms with E-state index < -0.39 is 41.1 Å². The fraction of sp³-hybridized carbons (Fsp3) is 0.657. The van der Waals surface area contributed by atoms with Gasteiger partial charge in [-0.2, -0.15) is 0 Å². The van der Waals surface area contributed by atoms with Crippen molar-refractivity contribution in [1.29, 1.82) is 0 Å². The number of piperazine rings is 1. The van der Waals surface area contributed by atoms with Crippen molar-refractivity contribution in [3.8, 4) is 0 Å². The molecule has 5 aliphatic rings. The molecule has 48 heavy (non-hydrogen) atoms. The Morgan fingerprint density at radius 3 is 2.17 bits per heavy atom. The van der Waals surface area contributed by atoms with E-state index in [4.69, 9.17) is 27.5 Å². The number of hydrogen-bond acceptors (Lipinski definition) is 8. The maximum absolute atomic E-state index is 13.7. The van der Waals surface area contributed by atoms with E-state index in [-0.39, 0.29) is 36.2 Å². The number of carboxylic acids is 2. The van der Waals surface area contributed by atoms with Crippen molar-refractivity contribution in [2.45, 2.75) is 101 Å². The van der Waals surface area contributed by atoms with Crippen LogP contribution in [0.3, 0.4) is 0 Å². The largest absolute Gasteiger partial charge is 0.478 e. The van der Waals surface area contributed by atoms with Crippen molar-refractivity contribution in [2.75, 3.05) is 24.5 Å². The van der Waals surface area contributed by atoms with Gasteiger partial charge in [0.25, 0.3) is 0 Å². The summed E-state index contributed by atoms with van der Waals surface area (Å²) in [6.45, 7) is 9.09. The van der Waals surface area contributed by atoms with Crippen LogP contribution in [0.4, 0.5) is 5.69 Å². The highest BCUT2D eigenvalue weighted by Gasteiger charge is 2.58. The first-order valence-electron chi connectivity index (χ1n) is 16.7. The molecule has 1 saturated heterocycles. The molecule has 4 bridgehead atoms. The molecule has 2 amide bonds. The van der Waals surface area contributed by atoms with Crippen LogP contribution in [0, 0.1) is 23.7 Å². The highest BCUT2D eigenvalue weighted by atomic mass is 35.5. The van der Waals surface area contributed by atoms with Crippen molar-refractivity contribution in [3.05, 3.63) is 41.4 Å².